The Morgan fingerprint density at radius 3 is 1.85 bits per heavy atom. The summed E-state index contributed by atoms with van der Waals surface area (Å²) >= 11 is 0. The highest BCUT2D eigenvalue weighted by Crippen LogP contribution is 2.23. The van der Waals surface area contributed by atoms with E-state index >= 15 is 0 Å². The van der Waals surface area contributed by atoms with E-state index in [9.17, 15) is 53.7 Å². The number of carbonyl (C=O) groups excluding carboxylic acids is 7. The quantitative estimate of drug-likeness (QED) is 0.0401. The molecule has 0 aliphatic carbocycles. The lowest BCUT2D eigenvalue weighted by molar-refractivity contribution is -0.142. The van der Waals surface area contributed by atoms with Crippen molar-refractivity contribution in [1.29, 1.82) is 0 Å². The summed E-state index contributed by atoms with van der Waals surface area (Å²) in [6, 6.07) is -10.7. The maximum absolute atomic E-state index is 13.4. The van der Waals surface area contributed by atoms with Crippen LogP contribution in [-0.2, 0) is 38.4 Å². The van der Waals surface area contributed by atoms with Crippen LogP contribution in [0.1, 0.15) is 46.5 Å². The Balaban J connectivity index is 3.58. The number of carbonyl (C=O) groups is 8. The van der Waals surface area contributed by atoms with Crippen LogP contribution in [0.25, 0.3) is 0 Å². The number of nitrogens with one attached hydrogen (secondary N) is 6. The maximum Gasteiger partial charge on any atom is 0.327 e. The SMILES string of the molecule is CC(C)C[C@@H]1NC(=O)[C@H]([C@@H](C)O)NC(=O)[C@H](CC(N)=O)NC(=O)[C@H](CO)NC(=O)[C@H](CCCN=C(N)N)NC(=O)[C@@H](N)CSSC[C@@H](C(=O)O)NC1=O. The summed E-state index contributed by atoms with van der Waals surface area (Å²) in [7, 11) is 1.98. The number of aliphatic imine (C=N–C) groups is 1. The van der Waals surface area contributed by atoms with Gasteiger partial charge in [-0.1, -0.05) is 35.4 Å². The second kappa shape index (κ2) is 23.3. The Bertz CT molecular complexity index is 1350. The Morgan fingerprint density at radius 1 is 0.774 bits per heavy atom. The first-order chi connectivity index (χ1) is 24.8. The predicted octanol–water partition coefficient (Wildman–Crippen LogP) is -5.95. The van der Waals surface area contributed by atoms with Crippen molar-refractivity contribution in [3.63, 3.8) is 0 Å². The Labute approximate surface area is 313 Å². The van der Waals surface area contributed by atoms with Gasteiger partial charge in [-0.15, -0.1) is 0 Å². The molecule has 0 spiro atoms. The molecule has 1 heterocycles. The van der Waals surface area contributed by atoms with Crippen LogP contribution in [0, 0.1) is 5.92 Å². The fourth-order valence-electron chi connectivity index (χ4n) is 4.58. The molecule has 1 fully saturated rings. The molecule has 53 heavy (non-hydrogen) atoms. The van der Waals surface area contributed by atoms with Gasteiger partial charge in [0.05, 0.1) is 25.2 Å². The van der Waals surface area contributed by atoms with Crippen LogP contribution in [-0.4, -0.2) is 142 Å². The van der Waals surface area contributed by atoms with Gasteiger partial charge in [0.1, 0.15) is 36.3 Å². The number of carboxylic acid groups (broad SMARTS) is 1. The highest BCUT2D eigenvalue weighted by atomic mass is 33.1. The van der Waals surface area contributed by atoms with Gasteiger partial charge < -0.3 is 70.2 Å². The topological polar surface area (TPSA) is 386 Å². The lowest BCUT2D eigenvalue weighted by atomic mass is 10.0. The van der Waals surface area contributed by atoms with Gasteiger partial charge in [0.2, 0.25) is 41.4 Å². The second-order valence-electron chi connectivity index (χ2n) is 12.5. The van der Waals surface area contributed by atoms with Crippen LogP contribution in [0.4, 0.5) is 0 Å². The second-order valence-corrected chi connectivity index (χ2v) is 15.0. The smallest absolute Gasteiger partial charge is 0.327 e. The van der Waals surface area contributed by atoms with Gasteiger partial charge in [0, 0.05) is 18.1 Å². The molecule has 0 radical (unpaired) electrons. The van der Waals surface area contributed by atoms with E-state index in [1.54, 1.807) is 13.8 Å². The molecule has 0 aromatic carbocycles. The minimum absolute atomic E-state index is 0.0140. The van der Waals surface area contributed by atoms with Gasteiger partial charge in [0.25, 0.3) is 0 Å². The number of nitrogens with zero attached hydrogens (tertiary/aromatic N) is 1. The summed E-state index contributed by atoms with van der Waals surface area (Å²) in [5.74, 6) is -9.25. The molecule has 0 saturated carbocycles. The van der Waals surface area contributed by atoms with E-state index in [0.717, 1.165) is 28.5 Å². The van der Waals surface area contributed by atoms with Crippen LogP contribution in [0.5, 0.6) is 0 Å². The summed E-state index contributed by atoms with van der Waals surface area (Å²) in [4.78, 5) is 107. The van der Waals surface area contributed by atoms with Crippen molar-refractivity contribution >= 4 is 74.9 Å². The predicted molar refractivity (Wildman–Crippen MR) is 194 cm³/mol. The van der Waals surface area contributed by atoms with Crippen LogP contribution in [0.3, 0.4) is 0 Å². The Morgan fingerprint density at radius 2 is 1.30 bits per heavy atom. The lowest BCUT2D eigenvalue weighted by Crippen LogP contribution is -2.62. The van der Waals surface area contributed by atoms with E-state index in [0.29, 0.717) is 0 Å². The number of primary amides is 1. The van der Waals surface area contributed by atoms with E-state index < -0.39 is 109 Å². The molecule has 1 saturated heterocycles. The number of aliphatic carboxylic acids is 1. The third-order valence-corrected chi connectivity index (χ3v) is 9.80. The standard InChI is InChI=1S/C29H51N11O11S2/c1-12(2)7-16-24(46)39-19(28(50)51)11-53-52-10-14(30)22(44)35-15(5-4-6-34-29(32)33)23(45)38-18(9-41)26(48)36-17(8-20(31)43)25(47)40-21(13(3)42)27(49)37-16/h12-19,21,41-42H,4-11,30H2,1-3H3,(H2,31,43)(H,35,44)(H,36,48)(H,37,49)(H,38,45)(H,39,46)(H,40,47)(H,50,51)(H4,32,33,34)/t13-,14+,15+,16+,17+,18+,19+,21+/m1/s1. The first kappa shape index (κ1) is 46.6. The third-order valence-electron chi connectivity index (χ3n) is 7.35. The molecule has 1 rings (SSSR count). The molecule has 1 aliphatic heterocycles. The molecule has 22 nitrogen and oxygen atoms in total. The van der Waals surface area contributed by atoms with Gasteiger partial charge in [0.15, 0.2) is 5.96 Å². The monoisotopic (exact) mass is 793 g/mol. The number of aliphatic hydroxyl groups is 2. The van der Waals surface area contributed by atoms with E-state index in [-0.39, 0.29) is 49.2 Å². The summed E-state index contributed by atoms with van der Waals surface area (Å²) in [6.07, 6.45) is -2.33. The number of guanidine groups is 1. The Kier molecular flexibility index (Phi) is 20.5. The zero-order chi connectivity index (χ0) is 40.4. The largest absolute Gasteiger partial charge is 0.480 e. The summed E-state index contributed by atoms with van der Waals surface area (Å²) in [5.41, 5.74) is 22.0. The van der Waals surface area contributed by atoms with Gasteiger partial charge in [-0.3, -0.25) is 38.6 Å². The van der Waals surface area contributed by atoms with Crippen LogP contribution < -0.4 is 54.8 Å². The van der Waals surface area contributed by atoms with Gasteiger partial charge in [-0.2, -0.15) is 0 Å². The van der Waals surface area contributed by atoms with Crippen molar-refractivity contribution in [3.05, 3.63) is 0 Å². The van der Waals surface area contributed by atoms with Crippen LogP contribution in [0.15, 0.2) is 4.99 Å². The van der Waals surface area contributed by atoms with Gasteiger partial charge in [-0.05, 0) is 32.1 Å². The highest BCUT2D eigenvalue weighted by Gasteiger charge is 2.36. The molecule has 24 heteroatoms. The summed E-state index contributed by atoms with van der Waals surface area (Å²) < 4.78 is 0. The van der Waals surface area contributed by atoms with E-state index in [1.165, 1.54) is 0 Å². The normalized spacial score (nSPS) is 26.8. The number of nitrogens with two attached hydrogens (primary N) is 4. The van der Waals surface area contributed by atoms with Crippen molar-refractivity contribution in [3.8, 4) is 0 Å². The van der Waals surface area contributed by atoms with E-state index in [1.807, 2.05) is 0 Å². The number of rotatable bonds is 11. The average molecular weight is 794 g/mol. The van der Waals surface area contributed by atoms with E-state index in [2.05, 4.69) is 36.9 Å². The zero-order valence-corrected chi connectivity index (χ0v) is 31.2. The van der Waals surface area contributed by atoms with Crippen molar-refractivity contribution in [1.82, 2.24) is 31.9 Å². The molecule has 0 aromatic heterocycles. The zero-order valence-electron chi connectivity index (χ0n) is 29.5. The number of amides is 7. The highest BCUT2D eigenvalue weighted by molar-refractivity contribution is 8.76. The minimum atomic E-state index is -1.80. The molecule has 300 valence electrons. The molecular formula is C29H51N11O11S2. The number of aliphatic hydroxyl groups excluding tert-OH is 2. The fraction of sp³-hybridized carbons (Fsp3) is 0.690. The summed E-state index contributed by atoms with van der Waals surface area (Å²) in [6.45, 7) is 3.64. The third kappa shape index (κ3) is 17.3. The summed E-state index contributed by atoms with van der Waals surface area (Å²) in [5, 5.41) is 44.1. The average Bonchev–Trinajstić information content (AvgIpc) is 3.06. The van der Waals surface area contributed by atoms with Crippen molar-refractivity contribution in [2.45, 2.75) is 94.9 Å². The van der Waals surface area contributed by atoms with Crippen LogP contribution in [0.2, 0.25) is 0 Å². The molecule has 17 N–H and O–H groups in total. The van der Waals surface area contributed by atoms with Crippen molar-refractivity contribution in [2.75, 3.05) is 24.7 Å². The number of hydrogen-bond donors (Lipinski definition) is 13. The molecule has 0 unspecified atom stereocenters. The Hall–Kier alpha value is -4.39. The fourth-order valence-corrected chi connectivity index (χ4v) is 6.86. The van der Waals surface area contributed by atoms with Gasteiger partial charge in [-0.25, -0.2) is 4.79 Å². The first-order valence-electron chi connectivity index (χ1n) is 16.4. The molecule has 1 aliphatic rings. The molecule has 0 bridgehead atoms. The first-order valence-corrected chi connectivity index (χ1v) is 18.9. The lowest BCUT2D eigenvalue weighted by Gasteiger charge is -2.28. The van der Waals surface area contributed by atoms with E-state index in [4.69, 9.17) is 22.9 Å². The van der Waals surface area contributed by atoms with Gasteiger partial charge >= 0.3 is 5.97 Å². The molecule has 7 amide bonds. The number of hydrogen-bond acceptors (Lipinski definition) is 14. The number of carboxylic acids is 1. The maximum atomic E-state index is 13.4. The van der Waals surface area contributed by atoms with Crippen molar-refractivity contribution < 1.29 is 53.7 Å². The van der Waals surface area contributed by atoms with Crippen LogP contribution >= 0.6 is 21.6 Å². The van der Waals surface area contributed by atoms with Crippen molar-refractivity contribution in [2.24, 2.45) is 33.8 Å². The minimum Gasteiger partial charge on any atom is -0.480 e. The molecular weight excluding hydrogens is 743 g/mol. The molecule has 0 aromatic rings. The molecule has 8 atom stereocenters.